The Labute approximate surface area is 152 Å². The van der Waals surface area contributed by atoms with Crippen LogP contribution in [0, 0.1) is 5.92 Å². The molecular formula is C22H44O2. The molecule has 0 aromatic carbocycles. The first-order valence-electron chi connectivity index (χ1n) is 10.9. The molecule has 0 spiro atoms. The second-order valence-electron chi connectivity index (χ2n) is 7.33. The number of unbranched alkanes of at least 4 members (excludes halogenated alkanes) is 11. The van der Waals surface area contributed by atoms with Crippen LogP contribution >= 0.6 is 0 Å². The Morgan fingerprint density at radius 1 is 0.625 bits per heavy atom. The second kappa shape index (κ2) is 18.8. The van der Waals surface area contributed by atoms with Crippen LogP contribution in [0.15, 0.2) is 0 Å². The molecule has 0 amide bonds. The Morgan fingerprint density at radius 3 is 1.50 bits per heavy atom. The van der Waals surface area contributed by atoms with Crippen LogP contribution in [0.1, 0.15) is 124 Å². The van der Waals surface area contributed by atoms with Crippen LogP contribution in [0.4, 0.5) is 0 Å². The lowest BCUT2D eigenvalue weighted by atomic mass is 9.94. The van der Waals surface area contributed by atoms with Crippen LogP contribution in [0.2, 0.25) is 0 Å². The highest BCUT2D eigenvalue weighted by Gasteiger charge is 2.19. The second-order valence-corrected chi connectivity index (χ2v) is 7.33. The van der Waals surface area contributed by atoms with E-state index < -0.39 is 0 Å². The summed E-state index contributed by atoms with van der Waals surface area (Å²) in [6.07, 6.45) is 19.7. The molecule has 2 heteroatoms. The molecule has 0 aromatic heterocycles. The van der Waals surface area contributed by atoms with E-state index in [1.165, 1.54) is 77.0 Å². The van der Waals surface area contributed by atoms with E-state index in [2.05, 4.69) is 20.8 Å². The van der Waals surface area contributed by atoms with E-state index in [0.717, 1.165) is 25.7 Å². The van der Waals surface area contributed by atoms with E-state index in [-0.39, 0.29) is 11.9 Å². The molecule has 0 aliphatic heterocycles. The Morgan fingerprint density at radius 2 is 1.04 bits per heavy atom. The van der Waals surface area contributed by atoms with Gasteiger partial charge in [-0.1, -0.05) is 104 Å². The predicted octanol–water partition coefficient (Wildman–Crippen LogP) is 7.45. The molecule has 0 bridgehead atoms. The SMILES string of the molecule is CCCCCCCCC(CCCCCCCC)C(=O)OCCCC. The minimum absolute atomic E-state index is 0.0746. The Balaban J connectivity index is 3.97. The summed E-state index contributed by atoms with van der Waals surface area (Å²) in [6, 6.07) is 0. The van der Waals surface area contributed by atoms with Gasteiger partial charge < -0.3 is 4.74 Å². The van der Waals surface area contributed by atoms with E-state index in [1.54, 1.807) is 0 Å². The zero-order valence-electron chi connectivity index (χ0n) is 16.9. The molecular weight excluding hydrogens is 296 g/mol. The van der Waals surface area contributed by atoms with Crippen molar-refractivity contribution < 1.29 is 9.53 Å². The minimum Gasteiger partial charge on any atom is -0.465 e. The third kappa shape index (κ3) is 15.0. The van der Waals surface area contributed by atoms with E-state index in [4.69, 9.17) is 4.74 Å². The van der Waals surface area contributed by atoms with Gasteiger partial charge >= 0.3 is 5.97 Å². The molecule has 0 atom stereocenters. The van der Waals surface area contributed by atoms with Gasteiger partial charge in [0.2, 0.25) is 0 Å². The van der Waals surface area contributed by atoms with Gasteiger partial charge in [-0.05, 0) is 19.3 Å². The standard InChI is InChI=1S/C22H44O2/c1-4-7-10-12-14-16-18-21(22(23)24-20-9-6-3)19-17-15-13-11-8-5-2/h21H,4-20H2,1-3H3. The number of carbonyl (C=O) groups excluding carboxylic acids is 1. The maximum absolute atomic E-state index is 12.3. The van der Waals surface area contributed by atoms with Gasteiger partial charge in [0, 0.05) is 0 Å². The molecule has 0 unspecified atom stereocenters. The Kier molecular flexibility index (Phi) is 18.4. The number of esters is 1. The van der Waals surface area contributed by atoms with E-state index in [1.807, 2.05) is 0 Å². The summed E-state index contributed by atoms with van der Waals surface area (Å²) in [5, 5.41) is 0. The van der Waals surface area contributed by atoms with Crippen LogP contribution in [-0.4, -0.2) is 12.6 Å². The third-order valence-corrected chi connectivity index (χ3v) is 4.89. The summed E-state index contributed by atoms with van der Waals surface area (Å²) in [6.45, 7) is 7.25. The van der Waals surface area contributed by atoms with Crippen LogP contribution in [0.25, 0.3) is 0 Å². The molecule has 2 nitrogen and oxygen atoms in total. The van der Waals surface area contributed by atoms with Gasteiger partial charge in [-0.2, -0.15) is 0 Å². The van der Waals surface area contributed by atoms with Gasteiger partial charge in [0.05, 0.1) is 12.5 Å². The molecule has 0 aliphatic carbocycles. The topological polar surface area (TPSA) is 26.3 Å². The van der Waals surface area contributed by atoms with Gasteiger partial charge in [0.25, 0.3) is 0 Å². The molecule has 24 heavy (non-hydrogen) atoms. The molecule has 0 aromatic rings. The maximum atomic E-state index is 12.3. The molecule has 0 saturated heterocycles. The number of hydrogen-bond donors (Lipinski definition) is 0. The summed E-state index contributed by atoms with van der Waals surface area (Å²) < 4.78 is 5.50. The molecule has 0 N–H and O–H groups in total. The van der Waals surface area contributed by atoms with Crippen LogP contribution < -0.4 is 0 Å². The number of hydrogen-bond acceptors (Lipinski definition) is 2. The fourth-order valence-corrected chi connectivity index (χ4v) is 3.16. The van der Waals surface area contributed by atoms with E-state index in [0.29, 0.717) is 6.61 Å². The van der Waals surface area contributed by atoms with Crippen LogP contribution in [-0.2, 0) is 9.53 Å². The third-order valence-electron chi connectivity index (χ3n) is 4.89. The number of rotatable bonds is 18. The van der Waals surface area contributed by atoms with Gasteiger partial charge in [-0.3, -0.25) is 4.79 Å². The minimum atomic E-state index is 0.0746. The summed E-state index contributed by atoms with van der Waals surface area (Å²) in [7, 11) is 0. The van der Waals surface area contributed by atoms with Crippen molar-refractivity contribution in [1.82, 2.24) is 0 Å². The highest BCUT2D eigenvalue weighted by atomic mass is 16.5. The molecule has 0 aliphatic rings. The van der Waals surface area contributed by atoms with Crippen LogP contribution in [0.3, 0.4) is 0 Å². The van der Waals surface area contributed by atoms with Crippen molar-refractivity contribution in [3.63, 3.8) is 0 Å². The van der Waals surface area contributed by atoms with Gasteiger partial charge in [0.15, 0.2) is 0 Å². The molecule has 0 heterocycles. The first kappa shape index (κ1) is 23.5. The molecule has 144 valence electrons. The number of carbonyl (C=O) groups is 1. The normalized spacial score (nSPS) is 11.2. The van der Waals surface area contributed by atoms with Gasteiger partial charge in [-0.25, -0.2) is 0 Å². The predicted molar refractivity (Wildman–Crippen MR) is 105 cm³/mol. The van der Waals surface area contributed by atoms with E-state index >= 15 is 0 Å². The van der Waals surface area contributed by atoms with Crippen molar-refractivity contribution in [1.29, 1.82) is 0 Å². The fraction of sp³-hybridized carbons (Fsp3) is 0.955. The molecule has 0 rings (SSSR count). The zero-order valence-corrected chi connectivity index (χ0v) is 16.9. The average Bonchev–Trinajstić information content (AvgIpc) is 2.59. The smallest absolute Gasteiger partial charge is 0.308 e. The van der Waals surface area contributed by atoms with Crippen molar-refractivity contribution in [2.24, 2.45) is 5.92 Å². The lowest BCUT2D eigenvalue weighted by Gasteiger charge is -2.16. The lowest BCUT2D eigenvalue weighted by Crippen LogP contribution is -2.18. The quantitative estimate of drug-likeness (QED) is 0.191. The fourth-order valence-electron chi connectivity index (χ4n) is 3.16. The van der Waals surface area contributed by atoms with E-state index in [9.17, 15) is 4.79 Å². The van der Waals surface area contributed by atoms with Gasteiger partial charge in [-0.15, -0.1) is 0 Å². The first-order chi connectivity index (χ1) is 11.8. The molecule has 0 saturated carbocycles. The summed E-state index contributed by atoms with van der Waals surface area (Å²) in [5.41, 5.74) is 0. The lowest BCUT2D eigenvalue weighted by molar-refractivity contribution is -0.149. The summed E-state index contributed by atoms with van der Waals surface area (Å²) in [5.74, 6) is 0.227. The maximum Gasteiger partial charge on any atom is 0.308 e. The zero-order chi connectivity index (χ0) is 17.9. The molecule has 0 fully saturated rings. The van der Waals surface area contributed by atoms with Crippen molar-refractivity contribution in [3.8, 4) is 0 Å². The Bertz CT molecular complexity index is 247. The summed E-state index contributed by atoms with van der Waals surface area (Å²) in [4.78, 5) is 12.3. The van der Waals surface area contributed by atoms with Crippen molar-refractivity contribution in [2.75, 3.05) is 6.61 Å². The number of ether oxygens (including phenoxy) is 1. The van der Waals surface area contributed by atoms with Crippen molar-refractivity contribution in [3.05, 3.63) is 0 Å². The summed E-state index contributed by atoms with van der Waals surface area (Å²) >= 11 is 0. The van der Waals surface area contributed by atoms with Gasteiger partial charge in [0.1, 0.15) is 0 Å². The average molecular weight is 341 g/mol. The monoisotopic (exact) mass is 340 g/mol. The highest BCUT2D eigenvalue weighted by molar-refractivity contribution is 5.72. The molecule has 0 radical (unpaired) electrons. The Hall–Kier alpha value is -0.530. The highest BCUT2D eigenvalue weighted by Crippen LogP contribution is 2.21. The van der Waals surface area contributed by atoms with Crippen molar-refractivity contribution in [2.45, 2.75) is 124 Å². The van der Waals surface area contributed by atoms with Crippen LogP contribution in [0.5, 0.6) is 0 Å². The largest absolute Gasteiger partial charge is 0.465 e. The van der Waals surface area contributed by atoms with Crippen molar-refractivity contribution >= 4 is 5.97 Å². The first-order valence-corrected chi connectivity index (χ1v) is 10.9.